The molecule has 2 aromatic rings. The Morgan fingerprint density at radius 3 is 2.45 bits per heavy atom. The van der Waals surface area contributed by atoms with Crippen LogP contribution in [0.25, 0.3) is 11.3 Å². The van der Waals surface area contributed by atoms with Crippen molar-refractivity contribution in [3.8, 4) is 17.0 Å². The molecule has 20 heavy (non-hydrogen) atoms. The van der Waals surface area contributed by atoms with Gasteiger partial charge in [-0.1, -0.05) is 32.6 Å². The van der Waals surface area contributed by atoms with Crippen molar-refractivity contribution in [2.45, 2.75) is 39.0 Å². The lowest BCUT2D eigenvalue weighted by atomic mass is 10.1. The SMILES string of the molecule is CCCCCCCOc1ccc(-c2cnccn2)cc1. The minimum Gasteiger partial charge on any atom is -0.494 e. The quantitative estimate of drug-likeness (QED) is 0.663. The van der Waals surface area contributed by atoms with Crippen LogP contribution in [0.1, 0.15) is 39.0 Å². The molecule has 0 saturated carbocycles. The summed E-state index contributed by atoms with van der Waals surface area (Å²) < 4.78 is 5.74. The average molecular weight is 270 g/mol. The first-order chi connectivity index (χ1) is 9.90. The van der Waals surface area contributed by atoms with Crippen molar-refractivity contribution in [1.29, 1.82) is 0 Å². The Bertz CT molecular complexity index is 482. The van der Waals surface area contributed by atoms with E-state index in [9.17, 15) is 0 Å². The van der Waals surface area contributed by atoms with Crippen LogP contribution in [0.3, 0.4) is 0 Å². The molecule has 0 spiro atoms. The molecule has 0 unspecified atom stereocenters. The van der Waals surface area contributed by atoms with E-state index in [1.54, 1.807) is 18.6 Å². The lowest BCUT2D eigenvalue weighted by Crippen LogP contribution is -1.97. The van der Waals surface area contributed by atoms with E-state index in [0.717, 1.165) is 30.0 Å². The fourth-order valence-corrected chi connectivity index (χ4v) is 2.07. The largest absolute Gasteiger partial charge is 0.494 e. The van der Waals surface area contributed by atoms with E-state index < -0.39 is 0 Å². The molecule has 0 atom stereocenters. The smallest absolute Gasteiger partial charge is 0.119 e. The molecule has 3 nitrogen and oxygen atoms in total. The van der Waals surface area contributed by atoms with Gasteiger partial charge in [0.25, 0.3) is 0 Å². The summed E-state index contributed by atoms with van der Waals surface area (Å²) in [5, 5.41) is 0. The molecule has 1 aromatic carbocycles. The summed E-state index contributed by atoms with van der Waals surface area (Å²) in [6.45, 7) is 3.03. The highest BCUT2D eigenvalue weighted by Gasteiger charge is 1.99. The van der Waals surface area contributed by atoms with Gasteiger partial charge in [0, 0.05) is 18.0 Å². The summed E-state index contributed by atoms with van der Waals surface area (Å²) in [4.78, 5) is 8.35. The van der Waals surface area contributed by atoms with Crippen LogP contribution in [0.4, 0.5) is 0 Å². The van der Waals surface area contributed by atoms with Crippen LogP contribution in [0.2, 0.25) is 0 Å². The lowest BCUT2D eigenvalue weighted by molar-refractivity contribution is 0.304. The molecule has 0 aliphatic rings. The van der Waals surface area contributed by atoms with Crippen molar-refractivity contribution in [1.82, 2.24) is 9.97 Å². The standard InChI is InChI=1S/C17H22N2O/c1-2-3-4-5-6-13-20-16-9-7-15(8-10-16)17-14-18-11-12-19-17/h7-12,14H,2-6,13H2,1H3. The Balaban J connectivity index is 1.77. The van der Waals surface area contributed by atoms with Crippen LogP contribution in [-0.4, -0.2) is 16.6 Å². The Labute approximate surface area is 121 Å². The van der Waals surface area contributed by atoms with Crippen LogP contribution in [0.15, 0.2) is 42.9 Å². The first-order valence-corrected chi connectivity index (χ1v) is 7.39. The second kappa shape index (κ2) is 8.31. The van der Waals surface area contributed by atoms with Crippen LogP contribution >= 0.6 is 0 Å². The Kier molecular flexibility index (Phi) is 6.03. The Hall–Kier alpha value is -1.90. The molecule has 0 fully saturated rings. The Morgan fingerprint density at radius 1 is 0.950 bits per heavy atom. The Morgan fingerprint density at radius 2 is 1.75 bits per heavy atom. The van der Waals surface area contributed by atoms with Crippen molar-refractivity contribution >= 4 is 0 Å². The van der Waals surface area contributed by atoms with Crippen molar-refractivity contribution in [2.75, 3.05) is 6.61 Å². The highest BCUT2D eigenvalue weighted by molar-refractivity contribution is 5.58. The number of benzene rings is 1. The molecule has 0 aliphatic heterocycles. The maximum atomic E-state index is 5.74. The average Bonchev–Trinajstić information content (AvgIpc) is 2.52. The highest BCUT2D eigenvalue weighted by atomic mass is 16.5. The summed E-state index contributed by atoms with van der Waals surface area (Å²) in [6, 6.07) is 8.04. The summed E-state index contributed by atoms with van der Waals surface area (Å²) in [6.07, 6.45) is 11.5. The number of ether oxygens (including phenoxy) is 1. The maximum Gasteiger partial charge on any atom is 0.119 e. The summed E-state index contributed by atoms with van der Waals surface area (Å²) in [5.74, 6) is 0.924. The molecular weight excluding hydrogens is 248 g/mol. The van der Waals surface area contributed by atoms with Crippen LogP contribution < -0.4 is 4.74 Å². The third-order valence-corrected chi connectivity index (χ3v) is 3.23. The number of rotatable bonds is 8. The molecule has 2 rings (SSSR count). The van der Waals surface area contributed by atoms with Gasteiger partial charge in [-0.3, -0.25) is 9.97 Å². The summed E-state index contributed by atoms with van der Waals surface area (Å²) in [5.41, 5.74) is 1.95. The minimum atomic E-state index is 0.800. The van der Waals surface area contributed by atoms with E-state index in [1.807, 2.05) is 24.3 Å². The number of aromatic nitrogens is 2. The van der Waals surface area contributed by atoms with Crippen molar-refractivity contribution < 1.29 is 4.74 Å². The van der Waals surface area contributed by atoms with Gasteiger partial charge in [-0.25, -0.2) is 0 Å². The number of unbranched alkanes of at least 4 members (excludes halogenated alkanes) is 4. The predicted molar refractivity (Wildman–Crippen MR) is 81.7 cm³/mol. The van der Waals surface area contributed by atoms with Crippen molar-refractivity contribution in [3.05, 3.63) is 42.9 Å². The van der Waals surface area contributed by atoms with Crippen LogP contribution in [0.5, 0.6) is 5.75 Å². The zero-order valence-corrected chi connectivity index (χ0v) is 12.1. The molecule has 1 heterocycles. The van der Waals surface area contributed by atoms with Crippen molar-refractivity contribution in [3.63, 3.8) is 0 Å². The molecule has 0 saturated heterocycles. The van der Waals surface area contributed by atoms with E-state index >= 15 is 0 Å². The van der Waals surface area contributed by atoms with Gasteiger partial charge in [0.2, 0.25) is 0 Å². The summed E-state index contributed by atoms with van der Waals surface area (Å²) >= 11 is 0. The fourth-order valence-electron chi connectivity index (χ4n) is 2.07. The van der Waals surface area contributed by atoms with Gasteiger partial charge in [0.05, 0.1) is 18.5 Å². The van der Waals surface area contributed by atoms with Gasteiger partial charge in [0.1, 0.15) is 5.75 Å². The van der Waals surface area contributed by atoms with E-state index in [2.05, 4.69) is 16.9 Å². The monoisotopic (exact) mass is 270 g/mol. The zero-order chi connectivity index (χ0) is 14.0. The topological polar surface area (TPSA) is 35.0 Å². The maximum absolute atomic E-state index is 5.74. The van der Waals surface area contributed by atoms with E-state index in [1.165, 1.54) is 25.7 Å². The number of hydrogen-bond donors (Lipinski definition) is 0. The van der Waals surface area contributed by atoms with Crippen LogP contribution in [0, 0.1) is 0 Å². The van der Waals surface area contributed by atoms with E-state index in [-0.39, 0.29) is 0 Å². The second-order valence-electron chi connectivity index (χ2n) is 4.88. The van der Waals surface area contributed by atoms with Gasteiger partial charge in [-0.15, -0.1) is 0 Å². The number of hydrogen-bond acceptors (Lipinski definition) is 3. The molecule has 0 amide bonds. The molecule has 0 N–H and O–H groups in total. The van der Waals surface area contributed by atoms with Crippen LogP contribution in [-0.2, 0) is 0 Å². The van der Waals surface area contributed by atoms with Gasteiger partial charge in [-0.05, 0) is 30.7 Å². The first kappa shape index (κ1) is 14.5. The van der Waals surface area contributed by atoms with E-state index in [4.69, 9.17) is 4.74 Å². The molecule has 0 bridgehead atoms. The van der Waals surface area contributed by atoms with Crippen molar-refractivity contribution in [2.24, 2.45) is 0 Å². The molecule has 0 radical (unpaired) electrons. The molecular formula is C17H22N2O. The third-order valence-electron chi connectivity index (χ3n) is 3.23. The first-order valence-electron chi connectivity index (χ1n) is 7.39. The normalized spacial score (nSPS) is 10.4. The zero-order valence-electron chi connectivity index (χ0n) is 12.1. The predicted octanol–water partition coefficient (Wildman–Crippen LogP) is 4.49. The van der Waals surface area contributed by atoms with Gasteiger partial charge < -0.3 is 4.74 Å². The molecule has 3 heteroatoms. The molecule has 1 aromatic heterocycles. The minimum absolute atomic E-state index is 0.800. The van der Waals surface area contributed by atoms with Gasteiger partial charge in [-0.2, -0.15) is 0 Å². The lowest BCUT2D eigenvalue weighted by Gasteiger charge is -2.07. The molecule has 0 aliphatic carbocycles. The van der Waals surface area contributed by atoms with Gasteiger partial charge in [0.15, 0.2) is 0 Å². The second-order valence-corrected chi connectivity index (χ2v) is 4.88. The highest BCUT2D eigenvalue weighted by Crippen LogP contribution is 2.20. The molecule has 106 valence electrons. The summed E-state index contributed by atoms with van der Waals surface area (Å²) in [7, 11) is 0. The fraction of sp³-hybridized carbons (Fsp3) is 0.412. The number of nitrogens with zero attached hydrogens (tertiary/aromatic N) is 2. The van der Waals surface area contributed by atoms with E-state index in [0.29, 0.717) is 0 Å². The van der Waals surface area contributed by atoms with Gasteiger partial charge >= 0.3 is 0 Å². The third kappa shape index (κ3) is 4.65.